The summed E-state index contributed by atoms with van der Waals surface area (Å²) in [6, 6.07) is 9.87. The van der Waals surface area contributed by atoms with E-state index in [9.17, 15) is 15.0 Å². The molecule has 0 amide bonds. The molecule has 2 aromatic rings. The van der Waals surface area contributed by atoms with E-state index in [1.54, 1.807) is 48.6 Å². The Bertz CT molecular complexity index is 1140. The number of hydrogen-bond acceptors (Lipinski definition) is 7. The second-order valence-corrected chi connectivity index (χ2v) is 6.55. The van der Waals surface area contributed by atoms with Crippen LogP contribution >= 0.6 is 0 Å². The van der Waals surface area contributed by atoms with E-state index < -0.39 is 0 Å². The first kappa shape index (κ1) is 19.2. The summed E-state index contributed by atoms with van der Waals surface area (Å²) in [6.45, 7) is 0. The average molecular weight is 402 g/mol. The number of nitrogens with zero attached hydrogens (tertiary/aromatic N) is 2. The maximum Gasteiger partial charge on any atom is 0.200 e. The number of carbonyl (C=O) groups is 1. The summed E-state index contributed by atoms with van der Waals surface area (Å²) >= 11 is 0. The monoisotopic (exact) mass is 402 g/mol. The van der Waals surface area contributed by atoms with Crippen molar-refractivity contribution in [1.29, 1.82) is 0 Å². The zero-order valence-electron chi connectivity index (χ0n) is 16.3. The molecule has 0 saturated heterocycles. The fraction of sp³-hybridized carbons (Fsp3) is 0.0870. The standard InChI is InChI=1S/C23H18N2O5/c1-29-18-11-15(12-19(30-2)22(18)28)23-24-20(13-3-7-16(26)8-4-13)21(25-23)14-5-9-17(27)10-6-14/h3-12,26,28H,1-2H3. The third-order valence-electron chi connectivity index (χ3n) is 4.67. The third-order valence-corrected chi connectivity index (χ3v) is 4.67. The highest BCUT2D eigenvalue weighted by molar-refractivity contribution is 6.25. The number of phenols is 2. The van der Waals surface area contributed by atoms with Crippen molar-refractivity contribution in [1.82, 2.24) is 0 Å². The SMILES string of the molecule is COc1cc(C2=NC(=C3C=CC(=O)C=C3)C(c3ccc(O)cc3)=N2)cc(OC)c1O. The molecule has 1 aliphatic heterocycles. The Morgan fingerprint density at radius 2 is 1.40 bits per heavy atom. The number of methoxy groups -OCH3 is 2. The van der Waals surface area contributed by atoms with Crippen molar-refractivity contribution in [2.75, 3.05) is 14.2 Å². The highest BCUT2D eigenvalue weighted by Gasteiger charge is 2.24. The van der Waals surface area contributed by atoms with E-state index >= 15 is 0 Å². The maximum atomic E-state index is 11.5. The molecular weight excluding hydrogens is 384 g/mol. The summed E-state index contributed by atoms with van der Waals surface area (Å²) in [6.07, 6.45) is 6.32. The van der Waals surface area contributed by atoms with Gasteiger partial charge in [0.25, 0.3) is 0 Å². The van der Waals surface area contributed by atoms with Crippen molar-refractivity contribution in [3.05, 3.63) is 83.1 Å². The second kappa shape index (κ2) is 7.71. The van der Waals surface area contributed by atoms with Crippen LogP contribution in [0.25, 0.3) is 0 Å². The van der Waals surface area contributed by atoms with Crippen LogP contribution in [0.4, 0.5) is 0 Å². The van der Waals surface area contributed by atoms with Crippen LogP contribution < -0.4 is 9.47 Å². The number of carbonyl (C=O) groups excluding carboxylic acids is 1. The lowest BCUT2D eigenvalue weighted by Crippen LogP contribution is -2.04. The van der Waals surface area contributed by atoms with Crippen LogP contribution in [0.15, 0.2) is 82.0 Å². The molecule has 0 aromatic heterocycles. The molecule has 0 spiro atoms. The maximum absolute atomic E-state index is 11.5. The lowest BCUT2D eigenvalue weighted by Gasteiger charge is -2.10. The first-order valence-corrected chi connectivity index (χ1v) is 9.07. The molecule has 7 nitrogen and oxygen atoms in total. The van der Waals surface area contributed by atoms with Gasteiger partial charge >= 0.3 is 0 Å². The normalized spacial score (nSPS) is 15.3. The molecule has 4 rings (SSSR count). The number of ether oxygens (including phenoxy) is 2. The summed E-state index contributed by atoms with van der Waals surface area (Å²) < 4.78 is 10.5. The highest BCUT2D eigenvalue weighted by Crippen LogP contribution is 2.38. The van der Waals surface area contributed by atoms with E-state index in [0.29, 0.717) is 22.8 Å². The Labute approximate surface area is 172 Å². The molecule has 1 heterocycles. The molecule has 0 saturated carbocycles. The van der Waals surface area contributed by atoms with Gasteiger partial charge in [-0.1, -0.05) is 0 Å². The minimum atomic E-state index is -0.111. The Kier molecular flexibility index (Phi) is 4.93. The van der Waals surface area contributed by atoms with E-state index in [0.717, 1.165) is 11.1 Å². The zero-order chi connectivity index (χ0) is 21.3. The Morgan fingerprint density at radius 1 is 0.800 bits per heavy atom. The molecule has 30 heavy (non-hydrogen) atoms. The largest absolute Gasteiger partial charge is 0.508 e. The summed E-state index contributed by atoms with van der Waals surface area (Å²) in [7, 11) is 2.89. The van der Waals surface area contributed by atoms with E-state index in [1.165, 1.54) is 26.4 Å². The molecule has 150 valence electrons. The summed E-state index contributed by atoms with van der Waals surface area (Å²) in [5.74, 6) is 0.799. The summed E-state index contributed by atoms with van der Waals surface area (Å²) in [5.41, 5.74) is 3.25. The van der Waals surface area contributed by atoms with Crippen LogP contribution in [0.1, 0.15) is 11.1 Å². The number of benzene rings is 2. The average Bonchev–Trinajstić information content (AvgIpc) is 3.20. The molecule has 1 aliphatic carbocycles. The molecule has 2 aromatic carbocycles. The van der Waals surface area contributed by atoms with Gasteiger partial charge < -0.3 is 19.7 Å². The van der Waals surface area contributed by atoms with Gasteiger partial charge in [0, 0.05) is 16.7 Å². The van der Waals surface area contributed by atoms with Crippen LogP contribution in [0.5, 0.6) is 23.0 Å². The number of rotatable bonds is 4. The number of aliphatic imine (C=N–C) groups is 2. The molecule has 0 unspecified atom stereocenters. The zero-order valence-corrected chi connectivity index (χ0v) is 16.3. The number of allylic oxidation sites excluding steroid dienone is 6. The Morgan fingerprint density at radius 3 is 1.97 bits per heavy atom. The summed E-state index contributed by atoms with van der Waals surface area (Å²) in [5, 5.41) is 19.8. The number of ketones is 1. The first-order valence-electron chi connectivity index (χ1n) is 9.07. The number of phenolic OH excluding ortho intramolecular Hbond substituents is 2. The van der Waals surface area contributed by atoms with Crippen LogP contribution in [0, 0.1) is 0 Å². The Hall–Kier alpha value is -4.13. The predicted molar refractivity (Wildman–Crippen MR) is 113 cm³/mol. The predicted octanol–water partition coefficient (Wildman–Crippen LogP) is 3.31. The molecule has 7 heteroatoms. The molecule has 0 fully saturated rings. The minimum absolute atomic E-state index is 0.0994. The van der Waals surface area contributed by atoms with Crippen molar-refractivity contribution in [3.8, 4) is 23.0 Å². The van der Waals surface area contributed by atoms with Crippen molar-refractivity contribution >= 4 is 17.3 Å². The van der Waals surface area contributed by atoms with Crippen molar-refractivity contribution in [2.24, 2.45) is 9.98 Å². The summed E-state index contributed by atoms with van der Waals surface area (Å²) in [4.78, 5) is 20.9. The van der Waals surface area contributed by atoms with Gasteiger partial charge in [0.05, 0.1) is 25.6 Å². The third kappa shape index (κ3) is 3.48. The van der Waals surface area contributed by atoms with E-state index in [4.69, 9.17) is 19.5 Å². The van der Waals surface area contributed by atoms with Gasteiger partial charge in [-0.2, -0.15) is 0 Å². The quantitative estimate of drug-likeness (QED) is 0.817. The van der Waals surface area contributed by atoms with E-state index in [1.807, 2.05) is 0 Å². The van der Waals surface area contributed by atoms with Crippen LogP contribution in [0.3, 0.4) is 0 Å². The van der Waals surface area contributed by atoms with Gasteiger partial charge in [0.1, 0.15) is 5.75 Å². The van der Waals surface area contributed by atoms with Crippen LogP contribution in [0.2, 0.25) is 0 Å². The second-order valence-electron chi connectivity index (χ2n) is 6.55. The fourth-order valence-corrected chi connectivity index (χ4v) is 3.13. The molecule has 0 atom stereocenters. The van der Waals surface area contributed by atoms with Gasteiger partial charge in [0.2, 0.25) is 5.75 Å². The molecular formula is C23H18N2O5. The minimum Gasteiger partial charge on any atom is -0.508 e. The van der Waals surface area contributed by atoms with Crippen molar-refractivity contribution in [2.45, 2.75) is 0 Å². The van der Waals surface area contributed by atoms with Crippen LogP contribution in [-0.2, 0) is 4.79 Å². The van der Waals surface area contributed by atoms with Crippen LogP contribution in [-0.4, -0.2) is 41.8 Å². The fourth-order valence-electron chi connectivity index (χ4n) is 3.13. The number of aromatic hydroxyl groups is 2. The molecule has 0 bridgehead atoms. The molecule has 0 radical (unpaired) electrons. The van der Waals surface area contributed by atoms with E-state index in [-0.39, 0.29) is 28.8 Å². The molecule has 2 aliphatic rings. The van der Waals surface area contributed by atoms with Gasteiger partial charge in [-0.25, -0.2) is 9.98 Å². The highest BCUT2D eigenvalue weighted by atomic mass is 16.5. The lowest BCUT2D eigenvalue weighted by molar-refractivity contribution is -0.110. The van der Waals surface area contributed by atoms with Gasteiger partial charge in [0.15, 0.2) is 23.1 Å². The van der Waals surface area contributed by atoms with E-state index in [2.05, 4.69) is 0 Å². The van der Waals surface area contributed by atoms with Gasteiger partial charge in [-0.15, -0.1) is 0 Å². The first-order chi connectivity index (χ1) is 14.5. The number of hydrogen-bond donors (Lipinski definition) is 2. The number of amidine groups is 1. The molecule has 2 N–H and O–H groups in total. The van der Waals surface area contributed by atoms with Gasteiger partial charge in [-0.3, -0.25) is 4.79 Å². The smallest absolute Gasteiger partial charge is 0.200 e. The lowest BCUT2D eigenvalue weighted by atomic mass is 10.0. The Balaban J connectivity index is 1.89. The van der Waals surface area contributed by atoms with Gasteiger partial charge in [-0.05, 0) is 60.7 Å². The van der Waals surface area contributed by atoms with Crippen molar-refractivity contribution in [3.63, 3.8) is 0 Å². The van der Waals surface area contributed by atoms with Crippen molar-refractivity contribution < 1.29 is 24.5 Å². The topological polar surface area (TPSA) is 101 Å².